The van der Waals surface area contributed by atoms with Crippen LogP contribution in [0.1, 0.15) is 43.2 Å². The summed E-state index contributed by atoms with van der Waals surface area (Å²) in [5.74, 6) is 2.45. The summed E-state index contributed by atoms with van der Waals surface area (Å²) in [7, 11) is 0. The fourth-order valence-corrected chi connectivity index (χ4v) is 2.90. The molecule has 0 fully saturated rings. The van der Waals surface area contributed by atoms with Gasteiger partial charge in [-0.3, -0.25) is 0 Å². The first kappa shape index (κ1) is 18.2. The second-order valence-electron chi connectivity index (χ2n) is 6.86. The van der Waals surface area contributed by atoms with Crippen LogP contribution in [0.3, 0.4) is 0 Å². The molecule has 3 rings (SSSR count). The van der Waals surface area contributed by atoms with Crippen LogP contribution in [0.2, 0.25) is 0 Å². The van der Waals surface area contributed by atoms with E-state index in [0.717, 1.165) is 42.0 Å². The molecule has 1 aromatic carbocycles. The van der Waals surface area contributed by atoms with Crippen molar-refractivity contribution in [1.82, 2.24) is 4.98 Å². The van der Waals surface area contributed by atoms with E-state index < -0.39 is 0 Å². The molecule has 0 radical (unpaired) electrons. The number of nitrogens with zero attached hydrogens (tertiary/aromatic N) is 1. The lowest BCUT2D eigenvalue weighted by atomic mass is 10.1. The summed E-state index contributed by atoms with van der Waals surface area (Å²) in [6.07, 6.45) is 12.6. The molecular weight excluding hydrogens is 322 g/mol. The minimum Gasteiger partial charge on any atom is -0.493 e. The summed E-state index contributed by atoms with van der Waals surface area (Å²) in [5, 5.41) is 0. The van der Waals surface area contributed by atoms with Gasteiger partial charge in [0.2, 0.25) is 5.89 Å². The summed E-state index contributed by atoms with van der Waals surface area (Å²) >= 11 is 0. The Morgan fingerprint density at radius 3 is 2.69 bits per heavy atom. The predicted molar refractivity (Wildman–Crippen MR) is 106 cm³/mol. The number of hydrogen-bond acceptors (Lipinski definition) is 3. The number of hydrogen-bond donors (Lipinski definition) is 0. The molecule has 0 spiro atoms. The van der Waals surface area contributed by atoms with E-state index in [1.54, 1.807) is 0 Å². The van der Waals surface area contributed by atoms with Crippen LogP contribution < -0.4 is 0 Å². The van der Waals surface area contributed by atoms with E-state index >= 15 is 0 Å². The molecule has 0 unspecified atom stereocenters. The van der Waals surface area contributed by atoms with Gasteiger partial charge >= 0.3 is 0 Å². The lowest BCUT2D eigenvalue weighted by Gasteiger charge is -2.05. The van der Waals surface area contributed by atoms with Gasteiger partial charge in [0, 0.05) is 12.0 Å². The van der Waals surface area contributed by atoms with Crippen LogP contribution >= 0.6 is 0 Å². The molecule has 1 aliphatic carbocycles. The van der Waals surface area contributed by atoms with Crippen LogP contribution in [0.25, 0.3) is 11.5 Å². The average molecular weight is 349 g/mol. The molecule has 2 aromatic rings. The molecule has 0 saturated heterocycles. The molecule has 0 N–H and O–H groups in total. The maximum absolute atomic E-state index is 5.96. The van der Waals surface area contributed by atoms with Gasteiger partial charge in [0.05, 0.1) is 12.3 Å². The predicted octanol–water partition coefficient (Wildman–Crippen LogP) is 6.09. The summed E-state index contributed by atoms with van der Waals surface area (Å²) in [4.78, 5) is 4.66. The highest BCUT2D eigenvalue weighted by Gasteiger charge is 2.11. The number of oxazole rings is 1. The van der Waals surface area contributed by atoms with E-state index in [1.165, 1.54) is 17.6 Å². The van der Waals surface area contributed by atoms with Crippen LogP contribution in [0.5, 0.6) is 0 Å². The van der Waals surface area contributed by atoms with Gasteiger partial charge < -0.3 is 9.15 Å². The second-order valence-corrected chi connectivity index (χ2v) is 6.86. The molecule has 0 amide bonds. The Morgan fingerprint density at radius 1 is 1.08 bits per heavy atom. The Kier molecular flexibility index (Phi) is 6.11. The van der Waals surface area contributed by atoms with Crippen LogP contribution in [0.15, 0.2) is 64.3 Å². The van der Waals surface area contributed by atoms with Crippen molar-refractivity contribution in [2.75, 3.05) is 6.61 Å². The molecule has 1 aromatic heterocycles. The summed E-state index contributed by atoms with van der Waals surface area (Å²) in [6, 6.07) is 8.23. The lowest BCUT2D eigenvalue weighted by molar-refractivity contribution is 0.227. The van der Waals surface area contributed by atoms with Gasteiger partial charge in [-0.2, -0.15) is 0 Å². The molecule has 0 aliphatic heterocycles. The van der Waals surface area contributed by atoms with E-state index in [0.29, 0.717) is 12.5 Å². The molecule has 0 saturated carbocycles. The molecular formula is C23H27NO2. The highest BCUT2D eigenvalue weighted by Crippen LogP contribution is 2.22. The average Bonchev–Trinajstić information content (AvgIpc) is 3.03. The molecule has 3 nitrogen and oxygen atoms in total. The van der Waals surface area contributed by atoms with Crippen molar-refractivity contribution >= 4 is 0 Å². The highest BCUT2D eigenvalue weighted by molar-refractivity contribution is 5.54. The molecule has 0 atom stereocenters. The zero-order chi connectivity index (χ0) is 18.4. The van der Waals surface area contributed by atoms with E-state index in [1.807, 2.05) is 19.1 Å². The third kappa shape index (κ3) is 4.98. The standard InChI is InChI=1S/C23H27NO2/c1-17-7-5-4-6-8-21(14-11-17)25-16-15-22-19(3)26-23(24-22)20-12-9-18(2)10-13-20/h6,8-14H,4-5,7,15-16H2,1-3H3/b8-6+,17-11+,21-14+. The monoisotopic (exact) mass is 349 g/mol. The normalized spacial score (nSPS) is 20.1. The third-order valence-electron chi connectivity index (χ3n) is 4.55. The number of aryl methyl sites for hydroxylation is 2. The minimum atomic E-state index is 0.587. The molecule has 0 bridgehead atoms. The zero-order valence-corrected chi connectivity index (χ0v) is 15.9. The van der Waals surface area contributed by atoms with E-state index in [2.05, 4.69) is 55.3 Å². The number of rotatable bonds is 5. The van der Waals surface area contributed by atoms with Gasteiger partial charge in [-0.05, 0) is 64.3 Å². The second kappa shape index (κ2) is 8.70. The fraction of sp³-hybridized carbons (Fsp3) is 0.348. The lowest BCUT2D eigenvalue weighted by Crippen LogP contribution is -1.99. The van der Waals surface area contributed by atoms with Crippen molar-refractivity contribution in [3.05, 3.63) is 76.9 Å². The number of benzene rings is 1. The van der Waals surface area contributed by atoms with Crippen LogP contribution in [0, 0.1) is 13.8 Å². The molecule has 3 heteroatoms. The van der Waals surface area contributed by atoms with Gasteiger partial charge in [-0.15, -0.1) is 0 Å². The third-order valence-corrected chi connectivity index (χ3v) is 4.55. The molecule has 1 aliphatic rings. The largest absolute Gasteiger partial charge is 0.493 e. The number of allylic oxidation sites excluding steroid dienone is 5. The summed E-state index contributed by atoms with van der Waals surface area (Å²) < 4.78 is 11.8. The zero-order valence-electron chi connectivity index (χ0n) is 15.9. The maximum Gasteiger partial charge on any atom is 0.226 e. The fourth-order valence-electron chi connectivity index (χ4n) is 2.90. The first-order valence-corrected chi connectivity index (χ1v) is 9.32. The van der Waals surface area contributed by atoms with Crippen molar-refractivity contribution in [2.45, 2.75) is 46.5 Å². The minimum absolute atomic E-state index is 0.587. The smallest absolute Gasteiger partial charge is 0.226 e. The van der Waals surface area contributed by atoms with Crippen molar-refractivity contribution in [2.24, 2.45) is 0 Å². The molecule has 136 valence electrons. The number of aromatic nitrogens is 1. The maximum atomic E-state index is 5.96. The molecule has 26 heavy (non-hydrogen) atoms. The quantitative estimate of drug-likeness (QED) is 0.655. The first-order valence-electron chi connectivity index (χ1n) is 9.32. The highest BCUT2D eigenvalue weighted by atomic mass is 16.5. The van der Waals surface area contributed by atoms with E-state index in [-0.39, 0.29) is 0 Å². The Hall–Kier alpha value is -2.55. The van der Waals surface area contributed by atoms with Crippen LogP contribution in [0.4, 0.5) is 0 Å². The summed E-state index contributed by atoms with van der Waals surface area (Å²) in [5.41, 5.74) is 4.59. The SMILES string of the molecule is C\C1=C/C=C(OCCc2nc(-c3ccc(C)cc3)oc2C)\C=C\CCC1. The van der Waals surface area contributed by atoms with Crippen molar-refractivity contribution in [3.63, 3.8) is 0 Å². The van der Waals surface area contributed by atoms with Crippen molar-refractivity contribution in [1.29, 1.82) is 0 Å². The van der Waals surface area contributed by atoms with Crippen molar-refractivity contribution in [3.8, 4) is 11.5 Å². The Balaban J connectivity index is 1.63. The van der Waals surface area contributed by atoms with Gasteiger partial charge in [0.25, 0.3) is 0 Å². The Labute approximate surface area is 156 Å². The Morgan fingerprint density at radius 2 is 1.88 bits per heavy atom. The van der Waals surface area contributed by atoms with Gasteiger partial charge in [0.1, 0.15) is 11.5 Å². The first-order chi connectivity index (χ1) is 12.6. The van der Waals surface area contributed by atoms with E-state index in [9.17, 15) is 0 Å². The Bertz CT molecular complexity index is 822. The van der Waals surface area contributed by atoms with E-state index in [4.69, 9.17) is 9.15 Å². The number of ether oxygens (including phenoxy) is 1. The van der Waals surface area contributed by atoms with Crippen LogP contribution in [-0.4, -0.2) is 11.6 Å². The van der Waals surface area contributed by atoms with Gasteiger partial charge in [-0.1, -0.05) is 35.4 Å². The van der Waals surface area contributed by atoms with Gasteiger partial charge in [-0.25, -0.2) is 4.98 Å². The van der Waals surface area contributed by atoms with Crippen LogP contribution in [-0.2, 0) is 11.2 Å². The topological polar surface area (TPSA) is 35.3 Å². The van der Waals surface area contributed by atoms with Gasteiger partial charge in [0.15, 0.2) is 0 Å². The van der Waals surface area contributed by atoms with Crippen molar-refractivity contribution < 1.29 is 9.15 Å². The molecule has 1 heterocycles. The summed E-state index contributed by atoms with van der Waals surface area (Å²) in [6.45, 7) is 6.80.